The second-order valence-electron chi connectivity index (χ2n) is 5.53. The largest absolute Gasteiger partial charge is 0.391 e. The SMILES string of the molecule is CCC(CC(C)=NOCc1ccccc1)=NOCc1ccccc1. The number of benzene rings is 2. The van der Waals surface area contributed by atoms with Crippen LogP contribution < -0.4 is 0 Å². The van der Waals surface area contributed by atoms with Crippen LogP contribution in [0.3, 0.4) is 0 Å². The Morgan fingerprint density at radius 2 is 1.29 bits per heavy atom. The first kappa shape index (κ1) is 17.7. The van der Waals surface area contributed by atoms with Crippen molar-refractivity contribution in [1.82, 2.24) is 0 Å². The van der Waals surface area contributed by atoms with Crippen LogP contribution in [0.5, 0.6) is 0 Å². The normalized spacial score (nSPS) is 12.1. The van der Waals surface area contributed by atoms with Gasteiger partial charge in [0.2, 0.25) is 0 Å². The smallest absolute Gasteiger partial charge is 0.142 e. The Morgan fingerprint density at radius 3 is 1.79 bits per heavy atom. The van der Waals surface area contributed by atoms with Crippen molar-refractivity contribution in [2.24, 2.45) is 10.3 Å². The zero-order valence-electron chi connectivity index (χ0n) is 14.3. The zero-order chi connectivity index (χ0) is 17.0. The highest BCUT2D eigenvalue weighted by Gasteiger charge is 2.02. The second-order valence-corrected chi connectivity index (χ2v) is 5.53. The van der Waals surface area contributed by atoms with Gasteiger partial charge < -0.3 is 9.68 Å². The fourth-order valence-corrected chi connectivity index (χ4v) is 2.11. The minimum atomic E-state index is 0.474. The fourth-order valence-electron chi connectivity index (χ4n) is 2.11. The molecular weight excluding hydrogens is 300 g/mol. The van der Waals surface area contributed by atoms with Gasteiger partial charge in [-0.25, -0.2) is 0 Å². The van der Waals surface area contributed by atoms with Crippen molar-refractivity contribution in [3.05, 3.63) is 71.8 Å². The van der Waals surface area contributed by atoms with Crippen LogP contribution >= 0.6 is 0 Å². The van der Waals surface area contributed by atoms with Gasteiger partial charge >= 0.3 is 0 Å². The Bertz CT molecular complexity index is 652. The Labute approximate surface area is 143 Å². The molecule has 0 saturated heterocycles. The highest BCUT2D eigenvalue weighted by Crippen LogP contribution is 2.04. The third-order valence-electron chi connectivity index (χ3n) is 3.43. The van der Waals surface area contributed by atoms with E-state index in [-0.39, 0.29) is 0 Å². The van der Waals surface area contributed by atoms with Crippen molar-refractivity contribution in [3.8, 4) is 0 Å². The predicted octanol–water partition coefficient (Wildman–Crippen LogP) is 4.95. The van der Waals surface area contributed by atoms with Gasteiger partial charge in [-0.2, -0.15) is 0 Å². The van der Waals surface area contributed by atoms with Gasteiger partial charge in [0.1, 0.15) is 13.2 Å². The van der Waals surface area contributed by atoms with Crippen LogP contribution in [0.4, 0.5) is 0 Å². The summed E-state index contributed by atoms with van der Waals surface area (Å²) in [7, 11) is 0. The molecule has 4 nitrogen and oxygen atoms in total. The van der Waals surface area contributed by atoms with Gasteiger partial charge in [-0.05, 0) is 24.5 Å². The van der Waals surface area contributed by atoms with Crippen molar-refractivity contribution in [2.45, 2.75) is 39.9 Å². The van der Waals surface area contributed by atoms with E-state index in [9.17, 15) is 0 Å². The van der Waals surface area contributed by atoms with E-state index in [2.05, 4.69) is 17.2 Å². The maximum Gasteiger partial charge on any atom is 0.142 e. The van der Waals surface area contributed by atoms with E-state index in [1.165, 1.54) is 0 Å². The summed E-state index contributed by atoms with van der Waals surface area (Å²) in [6, 6.07) is 20.0. The maximum atomic E-state index is 5.44. The molecule has 0 spiro atoms. The van der Waals surface area contributed by atoms with Crippen LogP contribution in [-0.2, 0) is 22.9 Å². The molecule has 0 aromatic heterocycles. The van der Waals surface area contributed by atoms with E-state index in [0.717, 1.165) is 29.0 Å². The first-order valence-corrected chi connectivity index (χ1v) is 8.19. The summed E-state index contributed by atoms with van der Waals surface area (Å²) < 4.78 is 0. The summed E-state index contributed by atoms with van der Waals surface area (Å²) in [5.41, 5.74) is 4.04. The van der Waals surface area contributed by atoms with Crippen LogP contribution in [-0.4, -0.2) is 11.4 Å². The van der Waals surface area contributed by atoms with E-state index < -0.39 is 0 Å². The molecule has 0 aliphatic carbocycles. The summed E-state index contributed by atoms with van der Waals surface area (Å²) >= 11 is 0. The molecule has 0 N–H and O–H groups in total. The van der Waals surface area contributed by atoms with Gasteiger partial charge in [-0.1, -0.05) is 77.9 Å². The van der Waals surface area contributed by atoms with Crippen LogP contribution in [0, 0.1) is 0 Å². The number of hydrogen-bond donors (Lipinski definition) is 0. The minimum absolute atomic E-state index is 0.474. The summed E-state index contributed by atoms with van der Waals surface area (Å²) in [6.45, 7) is 4.95. The van der Waals surface area contributed by atoms with Gasteiger partial charge in [0, 0.05) is 6.42 Å². The first-order chi connectivity index (χ1) is 11.8. The van der Waals surface area contributed by atoms with Gasteiger partial charge in [-0.15, -0.1) is 0 Å². The predicted molar refractivity (Wildman–Crippen MR) is 97.9 cm³/mol. The molecule has 0 aliphatic rings. The first-order valence-electron chi connectivity index (χ1n) is 8.19. The van der Waals surface area contributed by atoms with Crippen LogP contribution in [0.2, 0.25) is 0 Å². The number of hydrogen-bond acceptors (Lipinski definition) is 4. The van der Waals surface area contributed by atoms with Gasteiger partial charge in [0.15, 0.2) is 0 Å². The summed E-state index contributed by atoms with van der Waals surface area (Å²) in [5.74, 6) is 0. The van der Waals surface area contributed by atoms with E-state index in [0.29, 0.717) is 19.6 Å². The quantitative estimate of drug-likeness (QED) is 0.484. The summed E-state index contributed by atoms with van der Waals surface area (Å²) in [5, 5.41) is 8.38. The number of oxime groups is 2. The minimum Gasteiger partial charge on any atom is -0.391 e. The molecule has 2 rings (SSSR count). The van der Waals surface area contributed by atoms with Crippen molar-refractivity contribution >= 4 is 11.4 Å². The summed E-state index contributed by atoms with van der Waals surface area (Å²) in [4.78, 5) is 10.8. The van der Waals surface area contributed by atoms with Crippen molar-refractivity contribution in [3.63, 3.8) is 0 Å². The molecule has 0 aliphatic heterocycles. The van der Waals surface area contributed by atoms with Gasteiger partial charge in [-0.3, -0.25) is 0 Å². The lowest BCUT2D eigenvalue weighted by Crippen LogP contribution is -2.05. The van der Waals surface area contributed by atoms with Crippen LogP contribution in [0.15, 0.2) is 71.0 Å². The van der Waals surface area contributed by atoms with E-state index in [4.69, 9.17) is 9.68 Å². The molecule has 0 fully saturated rings. The lowest BCUT2D eigenvalue weighted by molar-refractivity contribution is 0.128. The van der Waals surface area contributed by atoms with E-state index in [1.54, 1.807) is 0 Å². The molecule has 2 aromatic rings. The zero-order valence-corrected chi connectivity index (χ0v) is 14.3. The summed E-state index contributed by atoms with van der Waals surface area (Å²) in [6.07, 6.45) is 1.47. The lowest BCUT2D eigenvalue weighted by Gasteiger charge is -2.05. The Balaban J connectivity index is 1.77. The van der Waals surface area contributed by atoms with Crippen molar-refractivity contribution in [1.29, 1.82) is 0 Å². The molecule has 2 aromatic carbocycles. The average molecular weight is 324 g/mol. The molecule has 126 valence electrons. The number of nitrogens with zero attached hydrogens (tertiary/aromatic N) is 2. The monoisotopic (exact) mass is 324 g/mol. The molecular formula is C20H24N2O2. The standard InChI is InChI=1S/C20H24N2O2/c1-3-20(22-24-16-19-12-8-5-9-13-19)14-17(2)21-23-15-18-10-6-4-7-11-18/h4-13H,3,14-16H2,1-2H3. The molecule has 4 heteroatoms. The van der Waals surface area contributed by atoms with E-state index >= 15 is 0 Å². The fraction of sp³-hybridized carbons (Fsp3) is 0.300. The Morgan fingerprint density at radius 1 is 0.792 bits per heavy atom. The third kappa shape index (κ3) is 6.65. The van der Waals surface area contributed by atoms with Crippen molar-refractivity contribution < 1.29 is 9.68 Å². The molecule has 24 heavy (non-hydrogen) atoms. The number of rotatable bonds is 9. The molecule has 0 heterocycles. The van der Waals surface area contributed by atoms with Crippen LogP contribution in [0.1, 0.15) is 37.8 Å². The Hall–Kier alpha value is -2.62. The second kappa shape index (κ2) is 10.2. The lowest BCUT2D eigenvalue weighted by atomic mass is 10.1. The van der Waals surface area contributed by atoms with Gasteiger partial charge in [0.25, 0.3) is 0 Å². The highest BCUT2D eigenvalue weighted by atomic mass is 16.6. The average Bonchev–Trinajstić information content (AvgIpc) is 2.62. The van der Waals surface area contributed by atoms with Crippen molar-refractivity contribution in [2.75, 3.05) is 0 Å². The topological polar surface area (TPSA) is 43.2 Å². The van der Waals surface area contributed by atoms with Gasteiger partial charge in [0.05, 0.1) is 11.4 Å². The molecule has 0 bridgehead atoms. The van der Waals surface area contributed by atoms with Crippen LogP contribution in [0.25, 0.3) is 0 Å². The molecule has 0 radical (unpaired) electrons. The highest BCUT2D eigenvalue weighted by molar-refractivity contribution is 6.02. The molecule has 0 unspecified atom stereocenters. The maximum absolute atomic E-state index is 5.44. The Kier molecular flexibility index (Phi) is 7.54. The molecule has 0 atom stereocenters. The molecule has 0 amide bonds. The third-order valence-corrected chi connectivity index (χ3v) is 3.43. The van der Waals surface area contributed by atoms with E-state index in [1.807, 2.05) is 67.6 Å². The molecule has 0 saturated carbocycles.